The molecule has 120 valence electrons. The number of piperazine rings is 1. The van der Waals surface area contributed by atoms with Crippen molar-refractivity contribution in [3.63, 3.8) is 0 Å². The van der Waals surface area contributed by atoms with Gasteiger partial charge >= 0.3 is 0 Å². The summed E-state index contributed by atoms with van der Waals surface area (Å²) in [6.45, 7) is 4.48. The van der Waals surface area contributed by atoms with E-state index >= 15 is 0 Å². The Bertz CT molecular complexity index is 542. The molecule has 2 amide bonds. The van der Waals surface area contributed by atoms with Gasteiger partial charge in [-0.1, -0.05) is 30.7 Å². The van der Waals surface area contributed by atoms with Gasteiger partial charge in [0.2, 0.25) is 11.8 Å². The van der Waals surface area contributed by atoms with Gasteiger partial charge in [0.15, 0.2) is 0 Å². The highest BCUT2D eigenvalue weighted by atomic mass is 35.5. The predicted octanol–water partition coefficient (Wildman–Crippen LogP) is 1.15. The first-order chi connectivity index (χ1) is 10.5. The van der Waals surface area contributed by atoms with Crippen molar-refractivity contribution in [2.75, 3.05) is 32.7 Å². The van der Waals surface area contributed by atoms with E-state index in [0.29, 0.717) is 44.2 Å². The summed E-state index contributed by atoms with van der Waals surface area (Å²) in [6.07, 6.45) is 0.341. The normalized spacial score (nSPS) is 16.5. The number of hydrogen-bond acceptors (Lipinski definition) is 3. The lowest BCUT2D eigenvalue weighted by Crippen LogP contribution is -2.52. The highest BCUT2D eigenvalue weighted by Gasteiger charge is 2.26. The van der Waals surface area contributed by atoms with Gasteiger partial charge in [-0.15, -0.1) is 0 Å². The van der Waals surface area contributed by atoms with Crippen LogP contribution in [0.25, 0.3) is 0 Å². The molecule has 0 bridgehead atoms. The molecule has 0 radical (unpaired) electrons. The van der Waals surface area contributed by atoms with Crippen molar-refractivity contribution in [3.8, 4) is 0 Å². The van der Waals surface area contributed by atoms with Gasteiger partial charge in [0, 0.05) is 43.7 Å². The highest BCUT2D eigenvalue weighted by molar-refractivity contribution is 6.30. The maximum atomic E-state index is 12.3. The zero-order valence-corrected chi connectivity index (χ0v) is 13.6. The fourth-order valence-corrected chi connectivity index (χ4v) is 2.73. The van der Waals surface area contributed by atoms with E-state index in [1.54, 1.807) is 15.9 Å². The molecule has 1 aromatic rings. The monoisotopic (exact) mass is 323 g/mol. The molecule has 1 atom stereocenters. The SMILES string of the molecule is CC(CN)C(=O)N1CCN(C(=O)Cc2cccc(Cl)c2)CC1. The Balaban J connectivity index is 1.86. The maximum Gasteiger partial charge on any atom is 0.227 e. The Morgan fingerprint density at radius 1 is 1.23 bits per heavy atom. The molecule has 0 aromatic heterocycles. The quantitative estimate of drug-likeness (QED) is 0.904. The van der Waals surface area contributed by atoms with Crippen LogP contribution in [0.3, 0.4) is 0 Å². The van der Waals surface area contributed by atoms with E-state index < -0.39 is 0 Å². The van der Waals surface area contributed by atoms with Gasteiger partial charge in [0.25, 0.3) is 0 Å². The van der Waals surface area contributed by atoms with Gasteiger partial charge in [0.1, 0.15) is 0 Å². The number of halogens is 1. The van der Waals surface area contributed by atoms with Crippen LogP contribution >= 0.6 is 11.6 Å². The molecule has 1 aliphatic heterocycles. The number of nitrogens with zero attached hydrogens (tertiary/aromatic N) is 2. The number of rotatable bonds is 4. The molecule has 5 nitrogen and oxygen atoms in total. The summed E-state index contributed by atoms with van der Waals surface area (Å²) < 4.78 is 0. The van der Waals surface area contributed by atoms with Crippen LogP contribution in [0.1, 0.15) is 12.5 Å². The summed E-state index contributed by atoms with van der Waals surface area (Å²) in [7, 11) is 0. The Kier molecular flexibility index (Phi) is 5.80. The molecule has 1 heterocycles. The molecule has 2 rings (SSSR count). The molecule has 6 heteroatoms. The average molecular weight is 324 g/mol. The predicted molar refractivity (Wildman–Crippen MR) is 86.5 cm³/mol. The zero-order chi connectivity index (χ0) is 16.1. The Morgan fingerprint density at radius 3 is 2.45 bits per heavy atom. The molecular weight excluding hydrogens is 302 g/mol. The minimum Gasteiger partial charge on any atom is -0.339 e. The van der Waals surface area contributed by atoms with E-state index in [9.17, 15) is 9.59 Å². The Hall–Kier alpha value is -1.59. The molecule has 0 aliphatic carbocycles. The minimum absolute atomic E-state index is 0.0706. The first kappa shape index (κ1) is 16.8. The van der Waals surface area contributed by atoms with E-state index in [0.717, 1.165) is 5.56 Å². The van der Waals surface area contributed by atoms with Gasteiger partial charge in [-0.05, 0) is 17.7 Å². The molecule has 22 heavy (non-hydrogen) atoms. The summed E-state index contributed by atoms with van der Waals surface area (Å²) in [5, 5.41) is 0.636. The van der Waals surface area contributed by atoms with Crippen LogP contribution in [0.4, 0.5) is 0 Å². The van der Waals surface area contributed by atoms with Gasteiger partial charge in [-0.3, -0.25) is 9.59 Å². The van der Waals surface area contributed by atoms with E-state index in [4.69, 9.17) is 17.3 Å². The molecule has 0 saturated carbocycles. The molecule has 1 saturated heterocycles. The van der Waals surface area contributed by atoms with Crippen molar-refractivity contribution in [2.45, 2.75) is 13.3 Å². The first-order valence-corrected chi connectivity index (χ1v) is 7.90. The maximum absolute atomic E-state index is 12.3. The summed E-state index contributed by atoms with van der Waals surface area (Å²) in [5.41, 5.74) is 6.44. The summed E-state index contributed by atoms with van der Waals surface area (Å²) in [4.78, 5) is 28.0. The number of nitrogens with two attached hydrogens (primary N) is 1. The fraction of sp³-hybridized carbons (Fsp3) is 0.500. The third kappa shape index (κ3) is 4.21. The summed E-state index contributed by atoms with van der Waals surface area (Å²) in [6, 6.07) is 7.34. The lowest BCUT2D eigenvalue weighted by atomic mass is 10.1. The Labute approximate surface area is 136 Å². The van der Waals surface area contributed by atoms with Gasteiger partial charge in [-0.25, -0.2) is 0 Å². The number of hydrogen-bond donors (Lipinski definition) is 1. The third-order valence-electron chi connectivity index (χ3n) is 3.96. The number of benzene rings is 1. The highest BCUT2D eigenvalue weighted by Crippen LogP contribution is 2.13. The van der Waals surface area contributed by atoms with E-state index in [2.05, 4.69) is 0 Å². The molecular formula is C16H22ClN3O2. The van der Waals surface area contributed by atoms with Gasteiger partial charge in [0.05, 0.1) is 6.42 Å². The van der Waals surface area contributed by atoms with Gasteiger partial charge in [-0.2, -0.15) is 0 Å². The van der Waals surface area contributed by atoms with Crippen LogP contribution in [-0.4, -0.2) is 54.3 Å². The largest absolute Gasteiger partial charge is 0.339 e. The zero-order valence-electron chi connectivity index (χ0n) is 12.8. The minimum atomic E-state index is -0.159. The van der Waals surface area contributed by atoms with Crippen LogP contribution in [0.15, 0.2) is 24.3 Å². The second kappa shape index (κ2) is 7.61. The second-order valence-electron chi connectivity index (χ2n) is 5.65. The van der Waals surface area contributed by atoms with Crippen LogP contribution in [0.2, 0.25) is 5.02 Å². The Morgan fingerprint density at radius 2 is 1.86 bits per heavy atom. The third-order valence-corrected chi connectivity index (χ3v) is 4.20. The van der Waals surface area contributed by atoms with Crippen LogP contribution in [-0.2, 0) is 16.0 Å². The molecule has 1 aromatic carbocycles. The summed E-state index contributed by atoms with van der Waals surface area (Å²) in [5.74, 6) is -0.0145. The molecule has 1 aliphatic rings. The van der Waals surface area contributed by atoms with Crippen molar-refractivity contribution in [1.29, 1.82) is 0 Å². The molecule has 1 fully saturated rings. The number of carbonyl (C=O) groups is 2. The average Bonchev–Trinajstić information content (AvgIpc) is 2.53. The topological polar surface area (TPSA) is 66.6 Å². The van der Waals surface area contributed by atoms with Crippen molar-refractivity contribution in [3.05, 3.63) is 34.9 Å². The van der Waals surface area contributed by atoms with Crippen molar-refractivity contribution < 1.29 is 9.59 Å². The lowest BCUT2D eigenvalue weighted by Gasteiger charge is -2.36. The fourth-order valence-electron chi connectivity index (χ4n) is 2.52. The number of amides is 2. The second-order valence-corrected chi connectivity index (χ2v) is 6.09. The van der Waals surface area contributed by atoms with Gasteiger partial charge < -0.3 is 15.5 Å². The van der Waals surface area contributed by atoms with Crippen molar-refractivity contribution in [2.24, 2.45) is 11.7 Å². The first-order valence-electron chi connectivity index (χ1n) is 7.52. The van der Waals surface area contributed by atoms with E-state index in [1.807, 2.05) is 25.1 Å². The van der Waals surface area contributed by atoms with Crippen molar-refractivity contribution >= 4 is 23.4 Å². The molecule has 2 N–H and O–H groups in total. The van der Waals surface area contributed by atoms with Crippen LogP contribution in [0.5, 0.6) is 0 Å². The summed E-state index contributed by atoms with van der Waals surface area (Å²) >= 11 is 5.93. The molecule has 0 spiro atoms. The van der Waals surface area contributed by atoms with Crippen molar-refractivity contribution in [1.82, 2.24) is 9.80 Å². The van der Waals surface area contributed by atoms with Crippen LogP contribution < -0.4 is 5.73 Å². The molecule has 1 unspecified atom stereocenters. The smallest absolute Gasteiger partial charge is 0.227 e. The number of carbonyl (C=O) groups excluding carboxylic acids is 2. The van der Waals surface area contributed by atoms with E-state index in [-0.39, 0.29) is 17.7 Å². The standard InChI is InChI=1S/C16H22ClN3O2/c1-12(11-18)16(22)20-7-5-19(6-8-20)15(21)10-13-3-2-4-14(17)9-13/h2-4,9,12H,5-8,10-11,18H2,1H3. The van der Waals surface area contributed by atoms with Crippen LogP contribution in [0, 0.1) is 5.92 Å². The van der Waals surface area contributed by atoms with E-state index in [1.165, 1.54) is 0 Å². The lowest BCUT2D eigenvalue weighted by molar-refractivity contribution is -0.141.